The Labute approximate surface area is 111 Å². The molecule has 1 aromatic rings. The lowest BCUT2D eigenvalue weighted by molar-refractivity contribution is -0.127. The number of benzene rings is 1. The molecule has 3 rings (SSSR count). The fourth-order valence-electron chi connectivity index (χ4n) is 2.57. The third kappa shape index (κ3) is 2.41. The number of hydrogen-bond acceptors (Lipinski definition) is 3. The van der Waals surface area contributed by atoms with Crippen LogP contribution in [0.2, 0.25) is 0 Å². The summed E-state index contributed by atoms with van der Waals surface area (Å²) in [5, 5.41) is 5.71. The number of ether oxygens (including phenoxy) is 1. The number of nitrogens with one attached hydrogen (secondary N) is 2. The van der Waals surface area contributed by atoms with Crippen LogP contribution in [-0.2, 0) is 9.59 Å². The zero-order valence-electron chi connectivity index (χ0n) is 10.5. The average Bonchev–Trinajstić information content (AvgIpc) is 2.86. The van der Waals surface area contributed by atoms with Crippen LogP contribution in [0.5, 0.6) is 5.75 Å². The molecular weight excluding hydrogens is 244 g/mol. The summed E-state index contributed by atoms with van der Waals surface area (Å²) in [5.41, 5.74) is 1.01. The van der Waals surface area contributed by atoms with Gasteiger partial charge in [-0.3, -0.25) is 9.59 Å². The van der Waals surface area contributed by atoms with Crippen molar-refractivity contribution in [3.63, 3.8) is 0 Å². The molecule has 5 nitrogen and oxygen atoms in total. The molecule has 0 spiro atoms. The number of rotatable bonds is 2. The first-order valence-electron chi connectivity index (χ1n) is 6.53. The minimum absolute atomic E-state index is 0.0202. The second kappa shape index (κ2) is 4.91. The molecule has 0 aliphatic carbocycles. The number of fused-ring (bicyclic) bond motifs is 1. The lowest BCUT2D eigenvalue weighted by Gasteiger charge is -2.27. The van der Waals surface area contributed by atoms with E-state index < -0.39 is 0 Å². The maximum atomic E-state index is 12.1. The van der Waals surface area contributed by atoms with Gasteiger partial charge >= 0.3 is 0 Å². The molecule has 19 heavy (non-hydrogen) atoms. The number of amides is 2. The van der Waals surface area contributed by atoms with Gasteiger partial charge in [0.2, 0.25) is 11.8 Å². The van der Waals surface area contributed by atoms with Crippen molar-refractivity contribution in [2.75, 3.05) is 13.2 Å². The van der Waals surface area contributed by atoms with Crippen molar-refractivity contribution in [2.45, 2.75) is 18.9 Å². The molecule has 5 heteroatoms. The van der Waals surface area contributed by atoms with Crippen molar-refractivity contribution in [3.8, 4) is 5.75 Å². The quantitative estimate of drug-likeness (QED) is 0.825. The molecule has 2 atom stereocenters. The zero-order valence-corrected chi connectivity index (χ0v) is 10.5. The molecule has 0 saturated carbocycles. The second-order valence-electron chi connectivity index (χ2n) is 4.94. The molecule has 2 heterocycles. The highest BCUT2D eigenvalue weighted by atomic mass is 16.5. The smallest absolute Gasteiger partial charge is 0.225 e. The predicted molar refractivity (Wildman–Crippen MR) is 68.6 cm³/mol. The topological polar surface area (TPSA) is 67.4 Å². The Morgan fingerprint density at radius 1 is 1.37 bits per heavy atom. The van der Waals surface area contributed by atoms with Crippen LogP contribution in [0.1, 0.15) is 24.4 Å². The Hall–Kier alpha value is -2.04. The minimum atomic E-state index is -0.248. The molecule has 0 radical (unpaired) electrons. The van der Waals surface area contributed by atoms with E-state index >= 15 is 0 Å². The number of hydrogen-bond donors (Lipinski definition) is 2. The molecule has 2 aliphatic heterocycles. The van der Waals surface area contributed by atoms with E-state index in [1.165, 1.54) is 0 Å². The molecule has 1 aromatic carbocycles. The number of para-hydroxylation sites is 1. The zero-order chi connectivity index (χ0) is 13.2. The monoisotopic (exact) mass is 260 g/mol. The van der Waals surface area contributed by atoms with Crippen molar-refractivity contribution in [3.05, 3.63) is 29.8 Å². The van der Waals surface area contributed by atoms with Gasteiger partial charge in [-0.25, -0.2) is 0 Å². The predicted octanol–water partition coefficient (Wildman–Crippen LogP) is 0.762. The van der Waals surface area contributed by atoms with Crippen molar-refractivity contribution in [2.24, 2.45) is 5.92 Å². The summed E-state index contributed by atoms with van der Waals surface area (Å²) in [6, 6.07) is 7.72. The summed E-state index contributed by atoms with van der Waals surface area (Å²) in [5.74, 6) is 0.481. The summed E-state index contributed by atoms with van der Waals surface area (Å²) < 4.78 is 5.56. The Bertz CT molecular complexity index is 515. The van der Waals surface area contributed by atoms with E-state index in [-0.39, 0.29) is 30.2 Å². The van der Waals surface area contributed by atoms with Crippen LogP contribution in [-0.4, -0.2) is 25.0 Å². The van der Waals surface area contributed by atoms with Crippen LogP contribution in [0.4, 0.5) is 0 Å². The summed E-state index contributed by atoms with van der Waals surface area (Å²) in [7, 11) is 0. The Balaban J connectivity index is 1.71. The first kappa shape index (κ1) is 12.0. The molecule has 2 aliphatic rings. The van der Waals surface area contributed by atoms with Gasteiger partial charge < -0.3 is 15.4 Å². The van der Waals surface area contributed by atoms with Crippen LogP contribution < -0.4 is 15.4 Å². The summed E-state index contributed by atoms with van der Waals surface area (Å²) >= 11 is 0. The molecule has 1 saturated heterocycles. The normalized spacial score (nSPS) is 25.2. The molecular formula is C14H16N2O3. The van der Waals surface area contributed by atoms with Crippen molar-refractivity contribution >= 4 is 11.8 Å². The third-order valence-electron chi connectivity index (χ3n) is 3.62. The van der Waals surface area contributed by atoms with Gasteiger partial charge in [0.1, 0.15) is 5.75 Å². The van der Waals surface area contributed by atoms with Crippen LogP contribution >= 0.6 is 0 Å². The standard InChI is InChI=1S/C14H16N2O3/c17-13-7-9(8-15-13)14(18)16-11-5-6-19-12-4-2-1-3-10(11)12/h1-4,9,11H,5-8H2,(H,15,17)(H,16,18). The highest BCUT2D eigenvalue weighted by Gasteiger charge is 2.30. The van der Waals surface area contributed by atoms with Crippen molar-refractivity contribution < 1.29 is 14.3 Å². The van der Waals surface area contributed by atoms with E-state index in [9.17, 15) is 9.59 Å². The van der Waals surface area contributed by atoms with E-state index in [2.05, 4.69) is 10.6 Å². The molecule has 2 amide bonds. The maximum absolute atomic E-state index is 12.1. The van der Waals surface area contributed by atoms with Gasteiger partial charge in [0.15, 0.2) is 0 Å². The van der Waals surface area contributed by atoms with Crippen molar-refractivity contribution in [1.82, 2.24) is 10.6 Å². The molecule has 1 fully saturated rings. The van der Waals surface area contributed by atoms with Gasteiger partial charge in [-0.2, -0.15) is 0 Å². The maximum Gasteiger partial charge on any atom is 0.225 e. The molecule has 2 N–H and O–H groups in total. The highest BCUT2D eigenvalue weighted by Crippen LogP contribution is 2.31. The summed E-state index contributed by atoms with van der Waals surface area (Å²) in [6.45, 7) is 1.04. The molecule has 0 aromatic heterocycles. The van der Waals surface area contributed by atoms with Gasteiger partial charge in [0.05, 0.1) is 18.6 Å². The van der Waals surface area contributed by atoms with Crippen LogP contribution in [0, 0.1) is 5.92 Å². The molecule has 2 unspecified atom stereocenters. The van der Waals surface area contributed by atoms with Gasteiger partial charge in [0, 0.05) is 24.9 Å². The van der Waals surface area contributed by atoms with E-state index in [1.54, 1.807) is 0 Å². The van der Waals surface area contributed by atoms with E-state index in [0.717, 1.165) is 17.7 Å². The van der Waals surface area contributed by atoms with Gasteiger partial charge in [-0.15, -0.1) is 0 Å². The van der Waals surface area contributed by atoms with E-state index in [1.807, 2.05) is 24.3 Å². The van der Waals surface area contributed by atoms with Gasteiger partial charge in [-0.1, -0.05) is 18.2 Å². The van der Waals surface area contributed by atoms with Crippen molar-refractivity contribution in [1.29, 1.82) is 0 Å². The second-order valence-corrected chi connectivity index (χ2v) is 4.94. The number of carbonyl (C=O) groups excluding carboxylic acids is 2. The van der Waals surface area contributed by atoms with Gasteiger partial charge in [0.25, 0.3) is 0 Å². The van der Waals surface area contributed by atoms with Crippen LogP contribution in [0.3, 0.4) is 0 Å². The SMILES string of the molecule is O=C1CC(C(=O)NC2CCOc3ccccc32)CN1. The largest absolute Gasteiger partial charge is 0.493 e. The van der Waals surface area contributed by atoms with E-state index in [0.29, 0.717) is 13.2 Å². The summed E-state index contributed by atoms with van der Waals surface area (Å²) in [6.07, 6.45) is 1.05. The van der Waals surface area contributed by atoms with Crippen LogP contribution in [0.25, 0.3) is 0 Å². The highest BCUT2D eigenvalue weighted by molar-refractivity contribution is 5.89. The first-order valence-corrected chi connectivity index (χ1v) is 6.53. The Morgan fingerprint density at radius 3 is 3.00 bits per heavy atom. The fourth-order valence-corrected chi connectivity index (χ4v) is 2.57. The van der Waals surface area contributed by atoms with E-state index in [4.69, 9.17) is 4.74 Å². The Kier molecular flexibility index (Phi) is 3.11. The molecule has 0 bridgehead atoms. The fraction of sp³-hybridized carbons (Fsp3) is 0.429. The lowest BCUT2D eigenvalue weighted by Crippen LogP contribution is -2.37. The number of carbonyl (C=O) groups is 2. The summed E-state index contributed by atoms with van der Waals surface area (Å²) in [4.78, 5) is 23.3. The lowest BCUT2D eigenvalue weighted by atomic mass is 9.99. The molecule has 100 valence electrons. The Morgan fingerprint density at radius 2 is 2.21 bits per heavy atom. The average molecular weight is 260 g/mol. The third-order valence-corrected chi connectivity index (χ3v) is 3.62. The first-order chi connectivity index (χ1) is 9.24. The minimum Gasteiger partial charge on any atom is -0.493 e. The van der Waals surface area contributed by atoms with Crippen LogP contribution in [0.15, 0.2) is 24.3 Å². The van der Waals surface area contributed by atoms with Gasteiger partial charge in [-0.05, 0) is 6.07 Å².